The van der Waals surface area contributed by atoms with Crippen LogP contribution in [0.5, 0.6) is 5.75 Å². The Morgan fingerprint density at radius 3 is 2.27 bits per heavy atom. The highest BCUT2D eigenvalue weighted by Crippen LogP contribution is 2.59. The molecule has 0 amide bonds. The van der Waals surface area contributed by atoms with Gasteiger partial charge >= 0.3 is 5.97 Å². The standard InChI is InChI=1S/C48H71NO11/c1-11-31-15-13-17-40(60-42-19-18-39(49(5)6)27(3)56-42)26(2)44(51)38-24-36-34-23-33(59-48-47(55-10)46(54-9)45(53-8)28(4)57-48)21-30(34)22-35(29-14-12-16-32(20-29)52-7)43(36)37(38)25-41(50)58-31/h12,14,16,20,22,24,26-28,30-31,33-34,36-37,39-40,42-43,45-48H,11,13,15,17-19,21,23,25H2,1-10H3/t26-,27?,28?,30?,31+,33-,34-,36+,37-,39+,40+,42+,43?,45+,46?,47?,48+/m1/s1. The van der Waals surface area contributed by atoms with E-state index in [0.29, 0.717) is 12.5 Å². The Balaban J connectivity index is 1.22. The van der Waals surface area contributed by atoms with Crippen LogP contribution in [0.1, 0.15) is 91.0 Å². The monoisotopic (exact) mass is 838 g/mol. The second kappa shape index (κ2) is 19.8. The molecule has 1 aromatic carbocycles. The third-order valence-corrected chi connectivity index (χ3v) is 14.8. The lowest BCUT2D eigenvalue weighted by atomic mass is 9.65. The number of allylic oxidation sites excluding steroid dienone is 4. The summed E-state index contributed by atoms with van der Waals surface area (Å²) in [5.74, 6) is -0.0307. The highest BCUT2D eigenvalue weighted by molar-refractivity contribution is 5.99. The van der Waals surface area contributed by atoms with Crippen LogP contribution in [0.2, 0.25) is 0 Å². The number of esters is 1. The van der Waals surface area contributed by atoms with Crippen LogP contribution in [0.15, 0.2) is 42.0 Å². The van der Waals surface area contributed by atoms with Crippen LogP contribution >= 0.6 is 0 Å². The normalized spacial score (nSPS) is 41.3. The van der Waals surface area contributed by atoms with E-state index in [4.69, 9.17) is 42.6 Å². The van der Waals surface area contributed by atoms with E-state index in [-0.39, 0.29) is 96.8 Å². The summed E-state index contributed by atoms with van der Waals surface area (Å²) >= 11 is 0. The lowest BCUT2D eigenvalue weighted by Crippen LogP contribution is -2.59. The number of hydrogen-bond acceptors (Lipinski definition) is 12. The molecule has 0 N–H and O–H groups in total. The topological polar surface area (TPSA) is 120 Å². The fraction of sp³-hybridized carbons (Fsp3) is 0.750. The number of ether oxygens (including phenoxy) is 9. The van der Waals surface area contributed by atoms with Gasteiger partial charge in [0.05, 0.1) is 37.9 Å². The third-order valence-electron chi connectivity index (χ3n) is 14.8. The minimum atomic E-state index is -0.647. The fourth-order valence-electron chi connectivity index (χ4n) is 11.6. The van der Waals surface area contributed by atoms with Gasteiger partial charge in [0.25, 0.3) is 0 Å². The second-order valence-electron chi connectivity index (χ2n) is 18.4. The maximum atomic E-state index is 15.2. The van der Waals surface area contributed by atoms with Gasteiger partial charge in [-0.3, -0.25) is 9.59 Å². The van der Waals surface area contributed by atoms with E-state index in [0.717, 1.165) is 67.4 Å². The zero-order valence-corrected chi connectivity index (χ0v) is 37.6. The van der Waals surface area contributed by atoms with Crippen molar-refractivity contribution in [1.29, 1.82) is 0 Å². The van der Waals surface area contributed by atoms with Gasteiger partial charge in [-0.15, -0.1) is 0 Å². The Morgan fingerprint density at radius 1 is 0.817 bits per heavy atom. The predicted molar refractivity (Wildman–Crippen MR) is 226 cm³/mol. The number of ketones is 1. The minimum Gasteiger partial charge on any atom is -0.497 e. The Morgan fingerprint density at radius 2 is 1.58 bits per heavy atom. The van der Waals surface area contributed by atoms with Crippen molar-refractivity contribution in [3.8, 4) is 5.75 Å². The maximum absolute atomic E-state index is 15.2. The molecule has 3 aliphatic carbocycles. The summed E-state index contributed by atoms with van der Waals surface area (Å²) < 4.78 is 56.1. The molecule has 334 valence electrons. The first kappa shape index (κ1) is 45.3. The number of fused-ring (bicyclic) bond motifs is 5. The average molecular weight is 838 g/mol. The first-order valence-corrected chi connectivity index (χ1v) is 22.6. The molecule has 0 bridgehead atoms. The zero-order valence-electron chi connectivity index (χ0n) is 37.6. The molecule has 4 fully saturated rings. The number of carbonyl (C=O) groups is 2. The average Bonchev–Trinajstić information content (AvgIpc) is 3.82. The van der Waals surface area contributed by atoms with Crippen molar-refractivity contribution in [3.63, 3.8) is 0 Å². The van der Waals surface area contributed by atoms with E-state index in [1.54, 1.807) is 28.4 Å². The van der Waals surface area contributed by atoms with Crippen molar-refractivity contribution >= 4 is 17.3 Å². The summed E-state index contributed by atoms with van der Waals surface area (Å²) in [5.41, 5.74) is 2.89. The van der Waals surface area contributed by atoms with Gasteiger partial charge in [0.15, 0.2) is 18.4 Å². The van der Waals surface area contributed by atoms with Gasteiger partial charge in [0, 0.05) is 39.2 Å². The van der Waals surface area contributed by atoms with Gasteiger partial charge in [-0.2, -0.15) is 0 Å². The summed E-state index contributed by atoms with van der Waals surface area (Å²) in [7, 11) is 10.8. The van der Waals surface area contributed by atoms with Crippen molar-refractivity contribution in [2.75, 3.05) is 42.5 Å². The van der Waals surface area contributed by atoms with Gasteiger partial charge in [0.1, 0.15) is 30.2 Å². The zero-order chi connectivity index (χ0) is 42.8. The predicted octanol–water partition coefficient (Wildman–Crippen LogP) is 7.02. The summed E-state index contributed by atoms with van der Waals surface area (Å²) in [6, 6.07) is 8.46. The minimum absolute atomic E-state index is 0.00951. The molecule has 3 aliphatic heterocycles. The van der Waals surface area contributed by atoms with Crippen LogP contribution < -0.4 is 4.74 Å². The molecular formula is C48H71NO11. The van der Waals surface area contributed by atoms with E-state index < -0.39 is 18.3 Å². The number of nitrogens with zero attached hydrogens (tertiary/aromatic N) is 1. The maximum Gasteiger partial charge on any atom is 0.306 e. The molecule has 3 heterocycles. The molecule has 60 heavy (non-hydrogen) atoms. The van der Waals surface area contributed by atoms with Crippen molar-refractivity contribution in [2.45, 2.75) is 153 Å². The van der Waals surface area contributed by atoms with Gasteiger partial charge in [-0.1, -0.05) is 38.1 Å². The van der Waals surface area contributed by atoms with Crippen LogP contribution in [0, 0.1) is 35.5 Å². The number of likely N-dealkylation sites (N-methyl/N-ethyl adjacent to an activating group) is 1. The molecule has 0 radical (unpaired) electrons. The first-order valence-electron chi connectivity index (χ1n) is 22.6. The van der Waals surface area contributed by atoms with Crippen molar-refractivity contribution in [2.24, 2.45) is 35.5 Å². The van der Waals surface area contributed by atoms with E-state index in [9.17, 15) is 4.79 Å². The first-order chi connectivity index (χ1) is 28.9. The van der Waals surface area contributed by atoms with Crippen molar-refractivity contribution in [3.05, 3.63) is 47.6 Å². The summed E-state index contributed by atoms with van der Waals surface area (Å²) in [6.07, 6.45) is 7.83. The lowest BCUT2D eigenvalue weighted by molar-refractivity contribution is -0.314. The van der Waals surface area contributed by atoms with Gasteiger partial charge in [-0.05, 0) is 132 Å². The van der Waals surface area contributed by atoms with Crippen LogP contribution in [-0.4, -0.2) is 127 Å². The quantitative estimate of drug-likeness (QED) is 0.213. The smallest absolute Gasteiger partial charge is 0.306 e. The van der Waals surface area contributed by atoms with Crippen molar-refractivity contribution in [1.82, 2.24) is 4.90 Å². The Labute approximate surface area is 357 Å². The molecule has 12 heteroatoms. The molecule has 7 rings (SSSR count). The number of rotatable bonds is 11. The molecule has 0 spiro atoms. The highest BCUT2D eigenvalue weighted by Gasteiger charge is 2.55. The van der Waals surface area contributed by atoms with Crippen LogP contribution in [0.3, 0.4) is 0 Å². The van der Waals surface area contributed by atoms with E-state index in [1.165, 1.54) is 0 Å². The Hall–Kier alpha value is -2.68. The summed E-state index contributed by atoms with van der Waals surface area (Å²) in [4.78, 5) is 31.4. The molecule has 3 saturated heterocycles. The number of methoxy groups -OCH3 is 4. The largest absolute Gasteiger partial charge is 0.497 e. The second-order valence-corrected chi connectivity index (χ2v) is 18.4. The number of cyclic esters (lactones) is 1. The molecule has 6 unspecified atom stereocenters. The van der Waals surface area contributed by atoms with E-state index in [1.807, 2.05) is 26.0 Å². The number of hydrogen-bond donors (Lipinski definition) is 0. The number of benzene rings is 1. The number of Topliss-reactive ketones (excluding diaryl/α,β-unsaturated/α-hetero) is 1. The van der Waals surface area contributed by atoms with Crippen LogP contribution in [0.25, 0.3) is 5.57 Å². The molecule has 6 aliphatic rings. The third kappa shape index (κ3) is 9.32. The molecular weight excluding hydrogens is 767 g/mol. The van der Waals surface area contributed by atoms with E-state index in [2.05, 4.69) is 57.1 Å². The van der Waals surface area contributed by atoms with Gasteiger partial charge in [-0.25, -0.2) is 0 Å². The van der Waals surface area contributed by atoms with Crippen LogP contribution in [0.4, 0.5) is 0 Å². The SMILES string of the molecule is CC[C@H]1CCC[C@H](O[C@H]2CC[C@H](N(C)C)C(C)O2)[C@@H](C)C(=O)C2=C[C@@H]3C(C(c4cccc(OC)c4)=CC4C[C@@H](O[C@@H]5OC(C)[C@H](OC)C(OC)C5OC)C[C@H]43)[C@@H]2CC(=O)O1. The molecule has 0 aromatic heterocycles. The van der Waals surface area contributed by atoms with Gasteiger partial charge in [0.2, 0.25) is 0 Å². The summed E-state index contributed by atoms with van der Waals surface area (Å²) in [6.45, 7) is 8.17. The van der Waals surface area contributed by atoms with Crippen LogP contribution in [-0.2, 0) is 47.5 Å². The van der Waals surface area contributed by atoms with E-state index >= 15 is 4.79 Å². The highest BCUT2D eigenvalue weighted by atomic mass is 16.7. The fourth-order valence-corrected chi connectivity index (χ4v) is 11.6. The molecule has 17 atom stereocenters. The summed E-state index contributed by atoms with van der Waals surface area (Å²) in [5, 5.41) is 0. The lowest BCUT2D eigenvalue weighted by Gasteiger charge is -2.44. The Kier molecular flexibility index (Phi) is 15.0. The molecule has 12 nitrogen and oxygen atoms in total. The molecule has 1 saturated carbocycles. The number of carbonyl (C=O) groups excluding carboxylic acids is 2. The Bertz CT molecular complexity index is 1700. The van der Waals surface area contributed by atoms with Crippen molar-refractivity contribution < 1.29 is 52.2 Å². The molecule has 1 aromatic rings. The van der Waals surface area contributed by atoms with Gasteiger partial charge < -0.3 is 47.5 Å².